The van der Waals surface area contributed by atoms with Gasteiger partial charge in [0.25, 0.3) is 0 Å². The highest BCUT2D eigenvalue weighted by atomic mass is 16.5. The zero-order chi connectivity index (χ0) is 13.2. The number of nitrogens with zero attached hydrogens (tertiary/aromatic N) is 1. The van der Waals surface area contributed by atoms with Crippen LogP contribution in [0.3, 0.4) is 0 Å². The standard InChI is InChI=1S/C14H23N3O/c1-12-5-7-13(8-6-12)11-17-14(15-2)16-9-4-10-18-3/h5-8H,4,9-11H2,1-3H3,(H2,15,16,17). The molecule has 0 aromatic heterocycles. The minimum atomic E-state index is 0.766. The summed E-state index contributed by atoms with van der Waals surface area (Å²) in [5.74, 6) is 0.826. The van der Waals surface area contributed by atoms with Crippen LogP contribution in [0, 0.1) is 6.92 Å². The molecule has 0 unspecified atom stereocenters. The van der Waals surface area contributed by atoms with Crippen molar-refractivity contribution in [3.63, 3.8) is 0 Å². The van der Waals surface area contributed by atoms with E-state index in [2.05, 4.69) is 46.8 Å². The smallest absolute Gasteiger partial charge is 0.191 e. The average molecular weight is 249 g/mol. The minimum absolute atomic E-state index is 0.766. The summed E-state index contributed by atoms with van der Waals surface area (Å²) in [4.78, 5) is 4.17. The SMILES string of the molecule is CN=C(NCCCOC)NCc1ccc(C)cc1. The summed E-state index contributed by atoms with van der Waals surface area (Å²) in [5.41, 5.74) is 2.53. The molecule has 0 saturated carbocycles. The third-order valence-electron chi connectivity index (χ3n) is 2.62. The molecule has 0 heterocycles. The lowest BCUT2D eigenvalue weighted by atomic mass is 10.1. The first-order valence-corrected chi connectivity index (χ1v) is 6.25. The summed E-state index contributed by atoms with van der Waals surface area (Å²) in [7, 11) is 3.49. The van der Waals surface area contributed by atoms with Crippen molar-refractivity contribution < 1.29 is 4.74 Å². The first-order chi connectivity index (χ1) is 8.76. The number of nitrogens with one attached hydrogen (secondary N) is 2. The molecule has 1 aromatic rings. The maximum atomic E-state index is 5.00. The molecule has 4 heteroatoms. The molecule has 0 aliphatic carbocycles. The summed E-state index contributed by atoms with van der Waals surface area (Å²) < 4.78 is 5.00. The second-order valence-electron chi connectivity index (χ2n) is 4.18. The molecule has 0 radical (unpaired) electrons. The second kappa shape index (κ2) is 8.53. The third-order valence-corrected chi connectivity index (χ3v) is 2.62. The van der Waals surface area contributed by atoms with Crippen molar-refractivity contribution in [3.8, 4) is 0 Å². The lowest BCUT2D eigenvalue weighted by Gasteiger charge is -2.11. The Bertz CT molecular complexity index is 360. The van der Waals surface area contributed by atoms with Gasteiger partial charge in [-0.1, -0.05) is 29.8 Å². The summed E-state index contributed by atoms with van der Waals surface area (Å²) >= 11 is 0. The van der Waals surface area contributed by atoms with E-state index in [0.29, 0.717) is 0 Å². The van der Waals surface area contributed by atoms with Gasteiger partial charge >= 0.3 is 0 Å². The van der Waals surface area contributed by atoms with E-state index in [1.165, 1.54) is 11.1 Å². The maximum absolute atomic E-state index is 5.00. The van der Waals surface area contributed by atoms with Crippen molar-refractivity contribution in [2.45, 2.75) is 19.9 Å². The fraction of sp³-hybridized carbons (Fsp3) is 0.500. The zero-order valence-corrected chi connectivity index (χ0v) is 11.5. The predicted octanol–water partition coefficient (Wildman–Crippen LogP) is 1.70. The van der Waals surface area contributed by atoms with Gasteiger partial charge in [-0.25, -0.2) is 0 Å². The molecule has 0 spiro atoms. The van der Waals surface area contributed by atoms with E-state index in [-0.39, 0.29) is 0 Å². The van der Waals surface area contributed by atoms with Gasteiger partial charge in [0, 0.05) is 33.9 Å². The number of methoxy groups -OCH3 is 1. The Balaban J connectivity index is 2.29. The van der Waals surface area contributed by atoms with Gasteiger partial charge in [-0.15, -0.1) is 0 Å². The van der Waals surface area contributed by atoms with Crippen LogP contribution < -0.4 is 10.6 Å². The quantitative estimate of drug-likeness (QED) is 0.458. The maximum Gasteiger partial charge on any atom is 0.191 e. The van der Waals surface area contributed by atoms with Crippen LogP contribution in [0.5, 0.6) is 0 Å². The molecule has 0 fully saturated rings. The number of ether oxygens (including phenoxy) is 1. The molecule has 0 amide bonds. The Labute approximate surface area is 109 Å². The Morgan fingerprint density at radius 2 is 1.94 bits per heavy atom. The van der Waals surface area contributed by atoms with E-state index < -0.39 is 0 Å². The van der Waals surface area contributed by atoms with Crippen molar-refractivity contribution >= 4 is 5.96 Å². The fourth-order valence-corrected chi connectivity index (χ4v) is 1.54. The van der Waals surface area contributed by atoms with Crippen LogP contribution in [0.25, 0.3) is 0 Å². The molecular weight excluding hydrogens is 226 g/mol. The lowest BCUT2D eigenvalue weighted by Crippen LogP contribution is -2.37. The number of guanidine groups is 1. The van der Waals surface area contributed by atoms with E-state index >= 15 is 0 Å². The molecule has 0 aliphatic rings. The van der Waals surface area contributed by atoms with Crippen LogP contribution in [0.1, 0.15) is 17.5 Å². The Morgan fingerprint density at radius 1 is 1.22 bits per heavy atom. The zero-order valence-electron chi connectivity index (χ0n) is 11.5. The van der Waals surface area contributed by atoms with Gasteiger partial charge < -0.3 is 15.4 Å². The van der Waals surface area contributed by atoms with Crippen molar-refractivity contribution in [2.75, 3.05) is 27.3 Å². The van der Waals surface area contributed by atoms with Gasteiger partial charge in [0.15, 0.2) is 5.96 Å². The Kier molecular flexibility index (Phi) is 6.87. The first-order valence-electron chi connectivity index (χ1n) is 6.25. The number of benzene rings is 1. The Morgan fingerprint density at radius 3 is 2.56 bits per heavy atom. The number of rotatable bonds is 6. The van der Waals surface area contributed by atoms with Crippen LogP contribution in [0.2, 0.25) is 0 Å². The highest BCUT2D eigenvalue weighted by molar-refractivity contribution is 5.79. The van der Waals surface area contributed by atoms with Gasteiger partial charge in [0.05, 0.1) is 0 Å². The summed E-state index contributed by atoms with van der Waals surface area (Å²) in [6, 6.07) is 8.48. The lowest BCUT2D eigenvalue weighted by molar-refractivity contribution is 0.195. The molecule has 0 aliphatic heterocycles. The van der Waals surface area contributed by atoms with E-state index in [4.69, 9.17) is 4.74 Å². The average Bonchev–Trinajstić information content (AvgIpc) is 2.40. The van der Waals surface area contributed by atoms with Crippen molar-refractivity contribution in [2.24, 2.45) is 4.99 Å². The highest BCUT2D eigenvalue weighted by Gasteiger charge is 1.97. The largest absolute Gasteiger partial charge is 0.385 e. The van der Waals surface area contributed by atoms with Gasteiger partial charge in [0.1, 0.15) is 0 Å². The molecule has 1 rings (SSSR count). The van der Waals surface area contributed by atoms with E-state index in [0.717, 1.165) is 32.1 Å². The molecule has 2 N–H and O–H groups in total. The van der Waals surface area contributed by atoms with E-state index in [1.807, 2.05) is 0 Å². The Hall–Kier alpha value is -1.55. The molecular formula is C14H23N3O. The highest BCUT2D eigenvalue weighted by Crippen LogP contribution is 2.02. The van der Waals surface area contributed by atoms with Crippen LogP contribution in [-0.2, 0) is 11.3 Å². The van der Waals surface area contributed by atoms with Crippen LogP contribution in [0.15, 0.2) is 29.3 Å². The minimum Gasteiger partial charge on any atom is -0.385 e. The number of aryl methyl sites for hydroxylation is 1. The molecule has 4 nitrogen and oxygen atoms in total. The van der Waals surface area contributed by atoms with Gasteiger partial charge in [-0.05, 0) is 18.9 Å². The van der Waals surface area contributed by atoms with Crippen molar-refractivity contribution in [1.82, 2.24) is 10.6 Å². The summed E-state index contributed by atoms with van der Waals surface area (Å²) in [5, 5.41) is 6.52. The van der Waals surface area contributed by atoms with Gasteiger partial charge in [-0.2, -0.15) is 0 Å². The molecule has 100 valence electrons. The first kappa shape index (κ1) is 14.5. The van der Waals surface area contributed by atoms with Crippen molar-refractivity contribution in [3.05, 3.63) is 35.4 Å². The summed E-state index contributed by atoms with van der Waals surface area (Å²) in [6.07, 6.45) is 0.974. The number of aliphatic imine (C=N–C) groups is 1. The molecule has 18 heavy (non-hydrogen) atoms. The van der Waals surface area contributed by atoms with E-state index in [9.17, 15) is 0 Å². The van der Waals surface area contributed by atoms with E-state index in [1.54, 1.807) is 14.2 Å². The molecule has 0 atom stereocenters. The molecule has 1 aromatic carbocycles. The predicted molar refractivity (Wildman–Crippen MR) is 75.9 cm³/mol. The number of hydrogen-bond acceptors (Lipinski definition) is 2. The topological polar surface area (TPSA) is 45.7 Å². The second-order valence-corrected chi connectivity index (χ2v) is 4.18. The van der Waals surface area contributed by atoms with Crippen molar-refractivity contribution in [1.29, 1.82) is 0 Å². The fourth-order valence-electron chi connectivity index (χ4n) is 1.54. The third kappa shape index (κ3) is 5.68. The summed E-state index contributed by atoms with van der Waals surface area (Å²) in [6.45, 7) is 4.50. The van der Waals surface area contributed by atoms with Crippen LogP contribution in [0.4, 0.5) is 0 Å². The van der Waals surface area contributed by atoms with Crippen LogP contribution in [-0.4, -0.2) is 33.3 Å². The molecule has 0 bridgehead atoms. The monoisotopic (exact) mass is 249 g/mol. The van der Waals surface area contributed by atoms with Crippen LogP contribution >= 0.6 is 0 Å². The van der Waals surface area contributed by atoms with Gasteiger partial charge in [-0.3, -0.25) is 4.99 Å². The molecule has 0 saturated heterocycles. The normalized spacial score (nSPS) is 11.4. The van der Waals surface area contributed by atoms with Gasteiger partial charge in [0.2, 0.25) is 0 Å². The number of hydrogen-bond donors (Lipinski definition) is 2.